The molecule has 0 atom stereocenters. The molecule has 0 saturated carbocycles. The van der Waals surface area contributed by atoms with Gasteiger partial charge in [-0.3, -0.25) is 0 Å². The summed E-state index contributed by atoms with van der Waals surface area (Å²) < 4.78 is 2.17. The van der Waals surface area contributed by atoms with E-state index >= 15 is 0 Å². The normalized spacial score (nSPS) is 10.6. The van der Waals surface area contributed by atoms with Gasteiger partial charge in [-0.25, -0.2) is 4.98 Å². The predicted molar refractivity (Wildman–Crippen MR) is 76.2 cm³/mol. The maximum absolute atomic E-state index is 4.37. The zero-order chi connectivity index (χ0) is 12.8. The van der Waals surface area contributed by atoms with Gasteiger partial charge in [0.05, 0.1) is 0 Å². The summed E-state index contributed by atoms with van der Waals surface area (Å²) >= 11 is 0. The number of nitrogens with zero attached hydrogens (tertiary/aromatic N) is 2. The number of unbranched alkanes of at least 4 members (excludes halogenated alkanes) is 1. The topological polar surface area (TPSA) is 29.9 Å². The van der Waals surface area contributed by atoms with Crippen molar-refractivity contribution in [3.8, 4) is 0 Å². The third kappa shape index (κ3) is 3.13. The molecule has 3 heteroatoms. The minimum atomic E-state index is 0.928. The monoisotopic (exact) mass is 243 g/mol. The first-order valence-electron chi connectivity index (χ1n) is 6.70. The molecule has 0 aliphatic carbocycles. The summed E-state index contributed by atoms with van der Waals surface area (Å²) in [6, 6.07) is 8.49. The van der Waals surface area contributed by atoms with Gasteiger partial charge in [0.1, 0.15) is 0 Å². The second-order valence-corrected chi connectivity index (χ2v) is 4.48. The number of hydrogen-bond donors (Lipinski definition) is 1. The van der Waals surface area contributed by atoms with E-state index in [1.165, 1.54) is 18.4 Å². The fraction of sp³-hybridized carbons (Fsp3) is 0.400. The lowest BCUT2D eigenvalue weighted by Crippen LogP contribution is -2.03. The Morgan fingerprint density at radius 3 is 2.94 bits per heavy atom. The Bertz CT molecular complexity index is 488. The van der Waals surface area contributed by atoms with Gasteiger partial charge in [-0.05, 0) is 30.5 Å². The van der Waals surface area contributed by atoms with Gasteiger partial charge in [-0.1, -0.05) is 32.4 Å². The number of benzene rings is 1. The lowest BCUT2D eigenvalue weighted by molar-refractivity contribution is 0.638. The molecule has 1 aromatic carbocycles. The fourth-order valence-corrected chi connectivity index (χ4v) is 1.94. The molecule has 0 saturated heterocycles. The Morgan fingerprint density at radius 1 is 1.28 bits per heavy atom. The van der Waals surface area contributed by atoms with Gasteiger partial charge in [0.2, 0.25) is 5.95 Å². The van der Waals surface area contributed by atoms with Crippen molar-refractivity contribution in [2.24, 2.45) is 0 Å². The zero-order valence-electron chi connectivity index (χ0n) is 11.2. The standard InChI is InChI=1S/C15H21N3/c1-3-5-10-18-11-9-16-15(18)17-14-8-6-7-13(4-2)12-14/h6-9,11-12H,3-5,10H2,1-2H3,(H,16,17). The van der Waals surface area contributed by atoms with Crippen molar-refractivity contribution < 1.29 is 0 Å². The summed E-state index contributed by atoms with van der Waals surface area (Å²) in [4.78, 5) is 4.37. The van der Waals surface area contributed by atoms with E-state index in [9.17, 15) is 0 Å². The maximum atomic E-state index is 4.37. The molecule has 0 spiro atoms. The van der Waals surface area contributed by atoms with Gasteiger partial charge in [0, 0.05) is 24.6 Å². The van der Waals surface area contributed by atoms with Gasteiger partial charge in [0.15, 0.2) is 0 Å². The van der Waals surface area contributed by atoms with E-state index in [4.69, 9.17) is 0 Å². The van der Waals surface area contributed by atoms with Crippen LogP contribution in [0.2, 0.25) is 0 Å². The molecule has 0 aliphatic heterocycles. The van der Waals surface area contributed by atoms with E-state index < -0.39 is 0 Å². The Hall–Kier alpha value is -1.77. The van der Waals surface area contributed by atoms with Crippen LogP contribution in [0.5, 0.6) is 0 Å². The van der Waals surface area contributed by atoms with Crippen LogP contribution in [0.15, 0.2) is 36.7 Å². The molecule has 0 bridgehead atoms. The zero-order valence-corrected chi connectivity index (χ0v) is 11.2. The van der Waals surface area contributed by atoms with Crippen LogP contribution in [-0.2, 0) is 13.0 Å². The third-order valence-corrected chi connectivity index (χ3v) is 3.06. The van der Waals surface area contributed by atoms with Gasteiger partial charge >= 0.3 is 0 Å². The SMILES string of the molecule is CCCCn1ccnc1Nc1cccc(CC)c1. The molecular formula is C15H21N3. The molecule has 3 nitrogen and oxygen atoms in total. The first-order valence-corrected chi connectivity index (χ1v) is 6.70. The largest absolute Gasteiger partial charge is 0.326 e. The Labute approximate surface area is 109 Å². The van der Waals surface area contributed by atoms with Crippen LogP contribution < -0.4 is 5.32 Å². The number of hydrogen-bond acceptors (Lipinski definition) is 2. The van der Waals surface area contributed by atoms with E-state index in [-0.39, 0.29) is 0 Å². The summed E-state index contributed by atoms with van der Waals surface area (Å²) in [5.41, 5.74) is 2.45. The summed E-state index contributed by atoms with van der Waals surface area (Å²) in [6.45, 7) is 5.39. The Balaban J connectivity index is 2.10. The highest BCUT2D eigenvalue weighted by Gasteiger charge is 2.02. The molecule has 0 aliphatic rings. The number of aromatic nitrogens is 2. The highest BCUT2D eigenvalue weighted by atomic mass is 15.2. The van der Waals surface area contributed by atoms with Crippen molar-refractivity contribution in [2.45, 2.75) is 39.7 Å². The summed E-state index contributed by atoms with van der Waals surface area (Å²) in [5, 5.41) is 3.39. The lowest BCUT2D eigenvalue weighted by Gasteiger charge is -2.10. The molecule has 2 rings (SSSR count). The third-order valence-electron chi connectivity index (χ3n) is 3.06. The Morgan fingerprint density at radius 2 is 2.17 bits per heavy atom. The maximum Gasteiger partial charge on any atom is 0.207 e. The number of rotatable bonds is 6. The molecule has 2 aromatic rings. The van der Waals surface area contributed by atoms with Crippen molar-refractivity contribution in [3.05, 3.63) is 42.2 Å². The highest BCUT2D eigenvalue weighted by molar-refractivity contribution is 5.54. The highest BCUT2D eigenvalue weighted by Crippen LogP contribution is 2.17. The van der Waals surface area contributed by atoms with Gasteiger partial charge in [-0.2, -0.15) is 0 Å². The molecule has 0 amide bonds. The lowest BCUT2D eigenvalue weighted by atomic mass is 10.1. The van der Waals surface area contributed by atoms with Crippen molar-refractivity contribution in [3.63, 3.8) is 0 Å². The molecular weight excluding hydrogens is 222 g/mol. The second-order valence-electron chi connectivity index (χ2n) is 4.48. The van der Waals surface area contributed by atoms with Crippen LogP contribution in [0, 0.1) is 0 Å². The van der Waals surface area contributed by atoms with Gasteiger partial charge < -0.3 is 9.88 Å². The van der Waals surface area contributed by atoms with E-state index in [0.29, 0.717) is 0 Å². The summed E-state index contributed by atoms with van der Waals surface area (Å²) in [5.74, 6) is 0.928. The number of anilines is 2. The second kappa shape index (κ2) is 6.24. The summed E-state index contributed by atoms with van der Waals surface area (Å²) in [7, 11) is 0. The molecule has 1 N–H and O–H groups in total. The summed E-state index contributed by atoms with van der Waals surface area (Å²) in [6.07, 6.45) is 7.31. The van der Waals surface area contributed by atoms with Crippen molar-refractivity contribution >= 4 is 11.6 Å². The van der Waals surface area contributed by atoms with Gasteiger partial charge in [0.25, 0.3) is 0 Å². The number of nitrogens with one attached hydrogen (secondary N) is 1. The van der Waals surface area contributed by atoms with Gasteiger partial charge in [-0.15, -0.1) is 0 Å². The molecule has 0 radical (unpaired) electrons. The average molecular weight is 243 g/mol. The predicted octanol–water partition coefficient (Wildman–Crippen LogP) is 3.99. The first kappa shape index (κ1) is 12.7. The average Bonchev–Trinajstić information content (AvgIpc) is 2.84. The number of aryl methyl sites for hydroxylation is 2. The van der Waals surface area contributed by atoms with Crippen LogP contribution in [-0.4, -0.2) is 9.55 Å². The molecule has 0 unspecified atom stereocenters. The van der Waals surface area contributed by atoms with E-state index in [1.54, 1.807) is 0 Å². The molecule has 96 valence electrons. The van der Waals surface area contributed by atoms with E-state index in [1.807, 2.05) is 12.4 Å². The quantitative estimate of drug-likeness (QED) is 0.831. The minimum Gasteiger partial charge on any atom is -0.326 e. The van der Waals surface area contributed by atoms with Crippen molar-refractivity contribution in [2.75, 3.05) is 5.32 Å². The van der Waals surface area contributed by atoms with Crippen molar-refractivity contribution in [1.29, 1.82) is 0 Å². The van der Waals surface area contributed by atoms with Crippen LogP contribution in [0.4, 0.5) is 11.6 Å². The van der Waals surface area contributed by atoms with Crippen LogP contribution >= 0.6 is 0 Å². The molecule has 1 aromatic heterocycles. The Kier molecular flexibility index (Phi) is 4.40. The molecule has 0 fully saturated rings. The van der Waals surface area contributed by atoms with E-state index in [0.717, 1.165) is 24.6 Å². The number of imidazole rings is 1. The van der Waals surface area contributed by atoms with Crippen LogP contribution in [0.25, 0.3) is 0 Å². The molecule has 1 heterocycles. The minimum absolute atomic E-state index is 0.928. The van der Waals surface area contributed by atoms with Crippen LogP contribution in [0.3, 0.4) is 0 Å². The van der Waals surface area contributed by atoms with E-state index in [2.05, 4.69) is 53.0 Å². The van der Waals surface area contributed by atoms with Crippen molar-refractivity contribution in [1.82, 2.24) is 9.55 Å². The smallest absolute Gasteiger partial charge is 0.207 e. The van der Waals surface area contributed by atoms with Crippen LogP contribution in [0.1, 0.15) is 32.3 Å². The molecule has 18 heavy (non-hydrogen) atoms. The first-order chi connectivity index (χ1) is 8.83. The fourth-order valence-electron chi connectivity index (χ4n) is 1.94.